The van der Waals surface area contributed by atoms with E-state index in [1.807, 2.05) is 19.1 Å². The van der Waals surface area contributed by atoms with E-state index in [1.54, 1.807) is 6.20 Å². The fourth-order valence-electron chi connectivity index (χ4n) is 1.99. The van der Waals surface area contributed by atoms with Gasteiger partial charge in [0.1, 0.15) is 17.9 Å². The number of rotatable bonds is 6. The van der Waals surface area contributed by atoms with Crippen molar-refractivity contribution in [3.05, 3.63) is 35.9 Å². The van der Waals surface area contributed by atoms with Gasteiger partial charge in [-0.3, -0.25) is 4.98 Å². The van der Waals surface area contributed by atoms with Gasteiger partial charge in [0.25, 0.3) is 0 Å². The lowest BCUT2D eigenvalue weighted by molar-refractivity contribution is 0.449. The van der Waals surface area contributed by atoms with Crippen molar-refractivity contribution in [2.24, 2.45) is 0 Å². The van der Waals surface area contributed by atoms with Crippen molar-refractivity contribution in [2.75, 3.05) is 11.9 Å². The van der Waals surface area contributed by atoms with E-state index in [1.165, 1.54) is 6.33 Å². The van der Waals surface area contributed by atoms with Crippen LogP contribution >= 0.6 is 0 Å². The van der Waals surface area contributed by atoms with E-state index >= 15 is 0 Å². The summed E-state index contributed by atoms with van der Waals surface area (Å²) in [6.07, 6.45) is 4.28. The smallest absolute Gasteiger partial charge is 0.227 e. The van der Waals surface area contributed by atoms with Crippen LogP contribution in [0.5, 0.6) is 11.6 Å². The maximum absolute atomic E-state index is 5.89. The van der Waals surface area contributed by atoms with Crippen LogP contribution in [0.15, 0.2) is 24.7 Å². The van der Waals surface area contributed by atoms with Crippen molar-refractivity contribution < 1.29 is 4.74 Å². The molecule has 0 atom stereocenters. The molecule has 112 valence electrons. The molecule has 0 fully saturated rings. The number of nitrogens with zero attached hydrogens (tertiary/aromatic N) is 3. The summed E-state index contributed by atoms with van der Waals surface area (Å²) in [6, 6.07) is 3.81. The van der Waals surface area contributed by atoms with Crippen molar-refractivity contribution in [1.82, 2.24) is 15.0 Å². The molecule has 0 radical (unpaired) electrons. The zero-order valence-electron chi connectivity index (χ0n) is 13.1. The van der Waals surface area contributed by atoms with Gasteiger partial charge in [-0.1, -0.05) is 20.8 Å². The fourth-order valence-corrected chi connectivity index (χ4v) is 1.99. The highest BCUT2D eigenvalue weighted by Crippen LogP contribution is 2.32. The van der Waals surface area contributed by atoms with Crippen molar-refractivity contribution >= 4 is 5.82 Å². The second-order valence-corrected chi connectivity index (χ2v) is 5.26. The molecule has 2 aromatic rings. The van der Waals surface area contributed by atoms with Crippen LogP contribution in [0.25, 0.3) is 0 Å². The van der Waals surface area contributed by atoms with Crippen LogP contribution in [0.1, 0.15) is 44.4 Å². The van der Waals surface area contributed by atoms with Crippen LogP contribution in [0.3, 0.4) is 0 Å². The zero-order valence-corrected chi connectivity index (χ0v) is 13.1. The summed E-state index contributed by atoms with van der Waals surface area (Å²) in [7, 11) is 0. The molecule has 0 bridgehead atoms. The van der Waals surface area contributed by atoms with Gasteiger partial charge >= 0.3 is 0 Å². The Bertz CT molecular complexity index is 581. The second-order valence-electron chi connectivity index (χ2n) is 5.26. The van der Waals surface area contributed by atoms with Gasteiger partial charge in [-0.25, -0.2) is 9.97 Å². The first-order valence-corrected chi connectivity index (χ1v) is 7.31. The van der Waals surface area contributed by atoms with Crippen LogP contribution in [0.4, 0.5) is 5.82 Å². The molecular formula is C16H22N4O. The van der Waals surface area contributed by atoms with Crippen LogP contribution in [-0.2, 0) is 0 Å². The fraction of sp³-hybridized carbons (Fsp3) is 0.438. The molecule has 2 heterocycles. The minimum Gasteiger partial charge on any atom is -0.437 e. The van der Waals surface area contributed by atoms with Gasteiger partial charge in [0.15, 0.2) is 0 Å². The van der Waals surface area contributed by atoms with Crippen molar-refractivity contribution in [2.45, 2.75) is 40.0 Å². The molecule has 5 nitrogen and oxygen atoms in total. The summed E-state index contributed by atoms with van der Waals surface area (Å²) >= 11 is 0. The number of pyridine rings is 1. The molecule has 21 heavy (non-hydrogen) atoms. The number of nitrogens with one attached hydrogen (secondary N) is 1. The molecule has 0 saturated heterocycles. The Morgan fingerprint density at radius 1 is 1.19 bits per heavy atom. The largest absolute Gasteiger partial charge is 0.437 e. The molecule has 2 rings (SSSR count). The highest BCUT2D eigenvalue weighted by molar-refractivity contribution is 5.51. The SMILES string of the molecule is CCCNc1ncnc(Oc2ccc(C)nc2)c1C(C)C. The molecule has 0 amide bonds. The van der Waals surface area contributed by atoms with E-state index in [4.69, 9.17) is 4.74 Å². The van der Waals surface area contributed by atoms with E-state index in [0.29, 0.717) is 11.6 Å². The van der Waals surface area contributed by atoms with Crippen molar-refractivity contribution in [1.29, 1.82) is 0 Å². The maximum atomic E-state index is 5.89. The number of aryl methyl sites for hydroxylation is 1. The molecule has 0 aliphatic rings. The van der Waals surface area contributed by atoms with Gasteiger partial charge in [0, 0.05) is 12.2 Å². The third-order valence-electron chi connectivity index (χ3n) is 3.07. The zero-order chi connectivity index (χ0) is 15.2. The van der Waals surface area contributed by atoms with Gasteiger partial charge in [-0.2, -0.15) is 0 Å². The quantitative estimate of drug-likeness (QED) is 0.872. The van der Waals surface area contributed by atoms with E-state index in [2.05, 4.69) is 41.0 Å². The Labute approximate surface area is 125 Å². The normalized spacial score (nSPS) is 10.7. The molecular weight excluding hydrogens is 264 g/mol. The lowest BCUT2D eigenvalue weighted by Gasteiger charge is -2.16. The molecule has 0 aliphatic heterocycles. The monoisotopic (exact) mass is 286 g/mol. The highest BCUT2D eigenvalue weighted by atomic mass is 16.5. The number of hydrogen-bond donors (Lipinski definition) is 1. The Hall–Kier alpha value is -2.17. The van der Waals surface area contributed by atoms with Crippen LogP contribution in [0.2, 0.25) is 0 Å². The van der Waals surface area contributed by atoms with E-state index in [9.17, 15) is 0 Å². The van der Waals surface area contributed by atoms with Gasteiger partial charge in [-0.05, 0) is 31.4 Å². The standard InChI is InChI=1S/C16H22N4O/c1-5-8-17-15-14(11(2)3)16(20-10-19-15)21-13-7-6-12(4)18-9-13/h6-7,9-11H,5,8H2,1-4H3,(H,17,19,20). The Balaban J connectivity index is 2.31. The topological polar surface area (TPSA) is 59.9 Å². The summed E-state index contributed by atoms with van der Waals surface area (Å²) in [5.41, 5.74) is 1.95. The van der Waals surface area contributed by atoms with E-state index in [0.717, 1.165) is 30.0 Å². The summed E-state index contributed by atoms with van der Waals surface area (Å²) in [5, 5.41) is 3.33. The van der Waals surface area contributed by atoms with Gasteiger partial charge in [0.2, 0.25) is 5.88 Å². The first-order valence-electron chi connectivity index (χ1n) is 7.31. The Morgan fingerprint density at radius 2 is 2.00 bits per heavy atom. The highest BCUT2D eigenvalue weighted by Gasteiger charge is 2.16. The summed E-state index contributed by atoms with van der Waals surface area (Å²) < 4.78 is 5.89. The minimum absolute atomic E-state index is 0.263. The van der Waals surface area contributed by atoms with Gasteiger partial charge in [0.05, 0.1) is 11.8 Å². The molecule has 0 unspecified atom stereocenters. The summed E-state index contributed by atoms with van der Waals surface area (Å²) in [5.74, 6) is 2.38. The number of anilines is 1. The summed E-state index contributed by atoms with van der Waals surface area (Å²) in [4.78, 5) is 12.9. The minimum atomic E-state index is 0.263. The average molecular weight is 286 g/mol. The summed E-state index contributed by atoms with van der Waals surface area (Å²) in [6.45, 7) is 9.16. The molecule has 2 aromatic heterocycles. The van der Waals surface area contributed by atoms with Gasteiger partial charge < -0.3 is 10.1 Å². The molecule has 0 aliphatic carbocycles. The van der Waals surface area contributed by atoms with Gasteiger partial charge in [-0.15, -0.1) is 0 Å². The molecule has 1 N–H and O–H groups in total. The van der Waals surface area contributed by atoms with E-state index < -0.39 is 0 Å². The predicted molar refractivity (Wildman–Crippen MR) is 83.9 cm³/mol. The lowest BCUT2D eigenvalue weighted by Crippen LogP contribution is -2.08. The molecule has 0 spiro atoms. The predicted octanol–water partition coefficient (Wildman–Crippen LogP) is 3.92. The molecule has 0 aromatic carbocycles. The molecule has 0 saturated carbocycles. The van der Waals surface area contributed by atoms with E-state index in [-0.39, 0.29) is 5.92 Å². The first-order chi connectivity index (χ1) is 10.1. The van der Waals surface area contributed by atoms with Crippen molar-refractivity contribution in [3.63, 3.8) is 0 Å². The average Bonchev–Trinajstić information content (AvgIpc) is 2.47. The number of aromatic nitrogens is 3. The van der Waals surface area contributed by atoms with Crippen LogP contribution < -0.4 is 10.1 Å². The third kappa shape index (κ3) is 3.90. The number of ether oxygens (including phenoxy) is 1. The Morgan fingerprint density at radius 3 is 2.62 bits per heavy atom. The number of hydrogen-bond acceptors (Lipinski definition) is 5. The van der Waals surface area contributed by atoms with Crippen molar-refractivity contribution in [3.8, 4) is 11.6 Å². The first kappa shape index (κ1) is 15.2. The maximum Gasteiger partial charge on any atom is 0.227 e. The second kappa shape index (κ2) is 7.02. The Kier molecular flexibility index (Phi) is 5.09. The third-order valence-corrected chi connectivity index (χ3v) is 3.07. The van der Waals surface area contributed by atoms with Crippen LogP contribution in [0, 0.1) is 6.92 Å². The lowest BCUT2D eigenvalue weighted by atomic mass is 10.1. The molecule has 5 heteroatoms. The van der Waals surface area contributed by atoms with Crippen LogP contribution in [-0.4, -0.2) is 21.5 Å².